The van der Waals surface area contributed by atoms with Crippen LogP contribution in [0.4, 0.5) is 0 Å². The highest BCUT2D eigenvalue weighted by atomic mass is 16.3. The van der Waals surface area contributed by atoms with E-state index in [-0.39, 0.29) is 6.42 Å². The first-order chi connectivity index (χ1) is 14.9. The summed E-state index contributed by atoms with van der Waals surface area (Å²) in [7, 11) is 0. The topological polar surface area (TPSA) is 78.0 Å². The Morgan fingerprint density at radius 3 is 2.58 bits per heavy atom. The molecule has 3 heterocycles. The Balaban J connectivity index is 1.92. The van der Waals surface area contributed by atoms with Gasteiger partial charge in [0, 0.05) is 39.8 Å². The number of aromatic nitrogens is 2. The Kier molecular flexibility index (Phi) is 6.26. The van der Waals surface area contributed by atoms with Crippen LogP contribution in [0.2, 0.25) is 0 Å². The van der Waals surface area contributed by atoms with Gasteiger partial charge in [-0.05, 0) is 80.9 Å². The highest BCUT2D eigenvalue weighted by Gasteiger charge is 2.24. The summed E-state index contributed by atoms with van der Waals surface area (Å²) in [6.07, 6.45) is 2.32. The maximum atomic E-state index is 11.1. The Bertz CT molecular complexity index is 1090. The van der Waals surface area contributed by atoms with Crippen LogP contribution in [0.15, 0.2) is 24.3 Å². The van der Waals surface area contributed by atoms with Gasteiger partial charge in [0.1, 0.15) is 6.29 Å². The van der Waals surface area contributed by atoms with E-state index in [1.165, 1.54) is 29.4 Å². The third-order valence-electron chi connectivity index (χ3n) is 6.55. The molecule has 1 aliphatic rings. The van der Waals surface area contributed by atoms with Crippen molar-refractivity contribution < 1.29 is 9.90 Å². The highest BCUT2D eigenvalue weighted by Crippen LogP contribution is 2.41. The summed E-state index contributed by atoms with van der Waals surface area (Å²) < 4.78 is 0. The molecule has 1 aromatic carbocycles. The molecule has 5 nitrogen and oxygen atoms in total. The molecule has 5 heteroatoms. The van der Waals surface area contributed by atoms with E-state index in [1.54, 1.807) is 0 Å². The lowest BCUT2D eigenvalue weighted by molar-refractivity contribution is -0.109. The summed E-state index contributed by atoms with van der Waals surface area (Å²) in [5.41, 5.74) is 8.17. The SMILES string of the molecule is Cc1cc(-c2[nH]c3ccc(C4CCNCC4)cc3c2C(C)C)c(C(O)CC=O)c(C)n1. The van der Waals surface area contributed by atoms with Crippen molar-refractivity contribution in [2.75, 3.05) is 13.1 Å². The Morgan fingerprint density at radius 2 is 1.90 bits per heavy atom. The predicted molar refractivity (Wildman–Crippen MR) is 126 cm³/mol. The van der Waals surface area contributed by atoms with Crippen molar-refractivity contribution in [2.45, 2.75) is 64.9 Å². The molecule has 3 aromatic rings. The summed E-state index contributed by atoms with van der Waals surface area (Å²) in [5.74, 6) is 0.899. The molecule has 1 atom stereocenters. The molecule has 2 aromatic heterocycles. The van der Waals surface area contributed by atoms with Gasteiger partial charge in [-0.2, -0.15) is 0 Å². The average Bonchev–Trinajstić information content (AvgIpc) is 3.12. The number of pyridine rings is 1. The van der Waals surface area contributed by atoms with E-state index in [2.05, 4.69) is 47.3 Å². The van der Waals surface area contributed by atoms with Crippen molar-refractivity contribution in [1.29, 1.82) is 0 Å². The molecule has 1 unspecified atom stereocenters. The lowest BCUT2D eigenvalue weighted by atomic mass is 9.87. The number of benzene rings is 1. The molecule has 0 amide bonds. The minimum atomic E-state index is -0.864. The number of carbonyl (C=O) groups is 1. The lowest BCUT2D eigenvalue weighted by Crippen LogP contribution is -2.26. The monoisotopic (exact) mass is 419 g/mol. The third kappa shape index (κ3) is 4.17. The van der Waals surface area contributed by atoms with E-state index in [4.69, 9.17) is 0 Å². The molecule has 0 saturated carbocycles. The second kappa shape index (κ2) is 8.93. The van der Waals surface area contributed by atoms with Gasteiger partial charge in [0.15, 0.2) is 0 Å². The number of aryl methyl sites for hydroxylation is 2. The van der Waals surface area contributed by atoms with Crippen LogP contribution in [0.1, 0.15) is 79.1 Å². The first kappa shape index (κ1) is 21.7. The smallest absolute Gasteiger partial charge is 0.122 e. The number of nitrogens with one attached hydrogen (secondary N) is 2. The first-order valence-electron chi connectivity index (χ1n) is 11.4. The van der Waals surface area contributed by atoms with E-state index < -0.39 is 6.10 Å². The molecule has 31 heavy (non-hydrogen) atoms. The Labute approximate surface area is 184 Å². The van der Waals surface area contributed by atoms with Crippen LogP contribution in [0, 0.1) is 13.8 Å². The van der Waals surface area contributed by atoms with E-state index >= 15 is 0 Å². The van der Waals surface area contributed by atoms with Gasteiger partial charge in [0.25, 0.3) is 0 Å². The highest BCUT2D eigenvalue weighted by molar-refractivity contribution is 5.92. The van der Waals surface area contributed by atoms with Crippen molar-refractivity contribution in [3.05, 3.63) is 52.3 Å². The van der Waals surface area contributed by atoms with Crippen LogP contribution >= 0.6 is 0 Å². The van der Waals surface area contributed by atoms with Gasteiger partial charge in [0.05, 0.1) is 11.8 Å². The number of aliphatic hydroxyl groups excluding tert-OH is 1. The number of piperidine rings is 1. The molecule has 0 radical (unpaired) electrons. The molecule has 1 saturated heterocycles. The van der Waals surface area contributed by atoms with Gasteiger partial charge in [-0.25, -0.2) is 0 Å². The van der Waals surface area contributed by atoms with Gasteiger partial charge in [0.2, 0.25) is 0 Å². The van der Waals surface area contributed by atoms with Gasteiger partial charge in [-0.15, -0.1) is 0 Å². The number of hydrogen-bond donors (Lipinski definition) is 3. The van der Waals surface area contributed by atoms with Crippen LogP contribution < -0.4 is 5.32 Å². The summed E-state index contributed by atoms with van der Waals surface area (Å²) in [6.45, 7) is 10.5. The lowest BCUT2D eigenvalue weighted by Gasteiger charge is -2.23. The molecule has 4 rings (SSSR count). The zero-order chi connectivity index (χ0) is 22.1. The first-order valence-corrected chi connectivity index (χ1v) is 11.4. The number of aliphatic hydroxyl groups is 1. The average molecular weight is 420 g/mol. The second-order valence-electron chi connectivity index (χ2n) is 9.13. The number of carbonyl (C=O) groups excluding carboxylic acids is 1. The predicted octanol–water partition coefficient (Wildman–Crippen LogP) is 5.06. The van der Waals surface area contributed by atoms with Crippen molar-refractivity contribution in [3.8, 4) is 11.3 Å². The molecule has 1 aliphatic heterocycles. The summed E-state index contributed by atoms with van der Waals surface area (Å²) in [4.78, 5) is 19.3. The number of hydrogen-bond acceptors (Lipinski definition) is 4. The van der Waals surface area contributed by atoms with E-state index in [0.717, 1.165) is 53.1 Å². The molecule has 0 aliphatic carbocycles. The van der Waals surface area contributed by atoms with Crippen molar-refractivity contribution in [2.24, 2.45) is 0 Å². The van der Waals surface area contributed by atoms with Crippen LogP contribution in [-0.4, -0.2) is 34.5 Å². The maximum absolute atomic E-state index is 11.1. The Morgan fingerprint density at radius 1 is 1.16 bits per heavy atom. The van der Waals surface area contributed by atoms with Gasteiger partial charge >= 0.3 is 0 Å². The van der Waals surface area contributed by atoms with Crippen molar-refractivity contribution in [3.63, 3.8) is 0 Å². The molecule has 3 N–H and O–H groups in total. The molecule has 1 fully saturated rings. The van der Waals surface area contributed by atoms with Gasteiger partial charge < -0.3 is 20.2 Å². The molecular formula is C26H33N3O2. The quantitative estimate of drug-likeness (QED) is 0.488. The number of aldehydes is 1. The maximum Gasteiger partial charge on any atom is 0.122 e. The fourth-order valence-corrected chi connectivity index (χ4v) is 5.13. The molecular weight excluding hydrogens is 386 g/mol. The zero-order valence-corrected chi connectivity index (χ0v) is 19.0. The minimum Gasteiger partial charge on any atom is -0.388 e. The number of rotatable bonds is 6. The number of H-pyrrole nitrogens is 1. The van der Waals surface area contributed by atoms with Gasteiger partial charge in [-0.3, -0.25) is 4.98 Å². The van der Waals surface area contributed by atoms with Crippen molar-refractivity contribution >= 4 is 17.2 Å². The standard InChI is InChI=1S/C26H33N3O2/c1-15(2)24-20-14-19(18-7-10-27-11-8-18)5-6-22(20)29-26(24)21-13-16(3)28-17(4)25(21)23(31)9-12-30/h5-6,12-15,18,23,27,29,31H,7-11H2,1-4H3. The Hall–Kier alpha value is -2.50. The molecule has 0 spiro atoms. The van der Waals surface area contributed by atoms with E-state index in [0.29, 0.717) is 11.8 Å². The number of fused-ring (bicyclic) bond motifs is 1. The van der Waals surface area contributed by atoms with Crippen LogP contribution in [0.5, 0.6) is 0 Å². The minimum absolute atomic E-state index is 0.0652. The van der Waals surface area contributed by atoms with E-state index in [9.17, 15) is 9.90 Å². The number of nitrogens with zero attached hydrogens (tertiary/aromatic N) is 1. The second-order valence-corrected chi connectivity index (χ2v) is 9.13. The molecule has 0 bridgehead atoms. The number of aromatic amines is 1. The van der Waals surface area contributed by atoms with Crippen LogP contribution in [-0.2, 0) is 4.79 Å². The third-order valence-corrected chi connectivity index (χ3v) is 6.55. The summed E-state index contributed by atoms with van der Waals surface area (Å²) >= 11 is 0. The zero-order valence-electron chi connectivity index (χ0n) is 19.0. The fraction of sp³-hybridized carbons (Fsp3) is 0.462. The largest absolute Gasteiger partial charge is 0.388 e. The van der Waals surface area contributed by atoms with Crippen LogP contribution in [0.3, 0.4) is 0 Å². The van der Waals surface area contributed by atoms with Crippen LogP contribution in [0.25, 0.3) is 22.2 Å². The molecule has 164 valence electrons. The van der Waals surface area contributed by atoms with E-state index in [1.807, 2.05) is 19.9 Å². The van der Waals surface area contributed by atoms with Gasteiger partial charge in [-0.1, -0.05) is 19.9 Å². The fourth-order valence-electron chi connectivity index (χ4n) is 5.13. The van der Waals surface area contributed by atoms with Crippen molar-refractivity contribution in [1.82, 2.24) is 15.3 Å². The summed E-state index contributed by atoms with van der Waals surface area (Å²) in [6, 6.07) is 8.85. The summed E-state index contributed by atoms with van der Waals surface area (Å²) in [5, 5.41) is 15.5. The normalized spacial score (nSPS) is 16.2.